The monoisotopic (exact) mass is 446 g/mol. The van der Waals surface area contributed by atoms with Gasteiger partial charge in [0.05, 0.1) is 16.9 Å². The van der Waals surface area contributed by atoms with Crippen molar-refractivity contribution >= 4 is 37.4 Å². The van der Waals surface area contributed by atoms with E-state index < -0.39 is 10.0 Å². The SMILES string of the molecule is CCOc1ccc(S(=O)(=O)N2CCN(c3nc(C)nc4sc(C)c(C)c34)CC2)cc1. The summed E-state index contributed by atoms with van der Waals surface area (Å²) in [4.78, 5) is 14.0. The van der Waals surface area contributed by atoms with Crippen LogP contribution in [0.15, 0.2) is 29.2 Å². The van der Waals surface area contributed by atoms with E-state index in [2.05, 4.69) is 23.7 Å². The molecule has 2 aromatic heterocycles. The summed E-state index contributed by atoms with van der Waals surface area (Å²) < 4.78 is 33.1. The zero-order valence-corrected chi connectivity index (χ0v) is 19.3. The Labute approximate surface area is 181 Å². The number of rotatable bonds is 5. The van der Waals surface area contributed by atoms with Crippen molar-refractivity contribution in [2.45, 2.75) is 32.6 Å². The first-order valence-electron chi connectivity index (χ1n) is 10.0. The molecule has 9 heteroatoms. The standard InChI is InChI=1S/C21H26N4O3S2/c1-5-28-17-6-8-18(9-7-17)30(26,27)25-12-10-24(11-13-25)20-19-14(2)15(3)29-21(19)23-16(4)22-20/h6-9H,5,10-13H2,1-4H3. The first-order valence-corrected chi connectivity index (χ1v) is 12.3. The Bertz CT molecular complexity index is 1170. The summed E-state index contributed by atoms with van der Waals surface area (Å²) in [7, 11) is -3.53. The lowest BCUT2D eigenvalue weighted by atomic mass is 10.2. The van der Waals surface area contributed by atoms with Crippen molar-refractivity contribution < 1.29 is 13.2 Å². The molecular weight excluding hydrogens is 420 g/mol. The van der Waals surface area contributed by atoms with E-state index in [1.54, 1.807) is 39.9 Å². The Kier molecular flexibility index (Phi) is 5.69. The van der Waals surface area contributed by atoms with Crippen LogP contribution in [0.2, 0.25) is 0 Å². The Balaban J connectivity index is 1.55. The second-order valence-corrected chi connectivity index (χ2v) is 10.5. The average molecular weight is 447 g/mol. The number of sulfonamides is 1. The Morgan fingerprint density at radius 3 is 2.33 bits per heavy atom. The molecule has 0 amide bonds. The molecular formula is C21H26N4O3S2. The second-order valence-electron chi connectivity index (χ2n) is 7.35. The number of aromatic nitrogens is 2. The number of anilines is 1. The predicted octanol–water partition coefficient (Wildman–Crippen LogP) is 3.53. The Morgan fingerprint density at radius 2 is 1.70 bits per heavy atom. The molecule has 7 nitrogen and oxygen atoms in total. The van der Waals surface area contributed by atoms with Gasteiger partial charge in [0, 0.05) is 31.1 Å². The van der Waals surface area contributed by atoms with Crippen LogP contribution in [0.1, 0.15) is 23.2 Å². The fourth-order valence-electron chi connectivity index (χ4n) is 3.72. The van der Waals surface area contributed by atoms with E-state index in [1.165, 1.54) is 10.4 Å². The lowest BCUT2D eigenvalue weighted by Crippen LogP contribution is -2.49. The molecule has 1 aromatic carbocycles. The minimum atomic E-state index is -3.53. The topological polar surface area (TPSA) is 75.6 Å². The van der Waals surface area contributed by atoms with Gasteiger partial charge in [0.25, 0.3) is 0 Å². The van der Waals surface area contributed by atoms with Crippen molar-refractivity contribution in [1.29, 1.82) is 0 Å². The molecule has 1 saturated heterocycles. The molecule has 0 N–H and O–H groups in total. The van der Waals surface area contributed by atoms with Crippen molar-refractivity contribution in [3.8, 4) is 5.75 Å². The zero-order valence-electron chi connectivity index (χ0n) is 17.7. The maximum Gasteiger partial charge on any atom is 0.243 e. The molecule has 0 aliphatic carbocycles. The maximum atomic E-state index is 13.1. The summed E-state index contributed by atoms with van der Waals surface area (Å²) in [6.45, 7) is 10.6. The molecule has 3 heterocycles. The van der Waals surface area contributed by atoms with Gasteiger partial charge in [0.1, 0.15) is 22.2 Å². The van der Waals surface area contributed by atoms with Crippen LogP contribution in [0.3, 0.4) is 0 Å². The van der Waals surface area contributed by atoms with E-state index in [0.717, 1.165) is 21.9 Å². The highest BCUT2D eigenvalue weighted by atomic mass is 32.2. The third-order valence-electron chi connectivity index (χ3n) is 5.43. The number of benzene rings is 1. The predicted molar refractivity (Wildman–Crippen MR) is 120 cm³/mol. The second kappa shape index (κ2) is 8.13. The van der Waals surface area contributed by atoms with Gasteiger partial charge in [-0.25, -0.2) is 18.4 Å². The number of thiophene rings is 1. The van der Waals surface area contributed by atoms with Crippen molar-refractivity contribution in [2.75, 3.05) is 37.7 Å². The highest BCUT2D eigenvalue weighted by Crippen LogP contribution is 2.35. The number of hydrogen-bond donors (Lipinski definition) is 0. The molecule has 160 valence electrons. The van der Waals surface area contributed by atoms with E-state index >= 15 is 0 Å². The molecule has 1 aliphatic heterocycles. The molecule has 1 aliphatic rings. The van der Waals surface area contributed by atoms with Gasteiger partial charge >= 0.3 is 0 Å². The van der Waals surface area contributed by atoms with Crippen LogP contribution in [0.25, 0.3) is 10.2 Å². The van der Waals surface area contributed by atoms with E-state index in [9.17, 15) is 8.42 Å². The van der Waals surface area contributed by atoms with Crippen LogP contribution in [-0.4, -0.2) is 55.5 Å². The Morgan fingerprint density at radius 1 is 1.03 bits per heavy atom. The van der Waals surface area contributed by atoms with Gasteiger partial charge in [0.2, 0.25) is 10.0 Å². The van der Waals surface area contributed by atoms with E-state index in [4.69, 9.17) is 9.72 Å². The minimum Gasteiger partial charge on any atom is -0.494 e. The summed E-state index contributed by atoms with van der Waals surface area (Å²) in [6.07, 6.45) is 0. The molecule has 0 bridgehead atoms. The quantitative estimate of drug-likeness (QED) is 0.597. The van der Waals surface area contributed by atoms with Gasteiger partial charge in [-0.15, -0.1) is 11.3 Å². The fourth-order valence-corrected chi connectivity index (χ4v) is 6.22. The molecule has 0 unspecified atom stereocenters. The number of nitrogens with zero attached hydrogens (tertiary/aromatic N) is 4. The number of piperazine rings is 1. The summed E-state index contributed by atoms with van der Waals surface area (Å²) in [5, 5.41) is 1.09. The highest BCUT2D eigenvalue weighted by molar-refractivity contribution is 7.89. The van der Waals surface area contributed by atoms with Crippen molar-refractivity contribution in [3.63, 3.8) is 0 Å². The molecule has 30 heavy (non-hydrogen) atoms. The van der Waals surface area contributed by atoms with Crippen molar-refractivity contribution in [2.24, 2.45) is 0 Å². The Hall–Kier alpha value is -2.23. The van der Waals surface area contributed by atoms with Crippen LogP contribution in [0.4, 0.5) is 5.82 Å². The van der Waals surface area contributed by atoms with E-state index in [1.807, 2.05) is 13.8 Å². The molecule has 4 rings (SSSR count). The zero-order chi connectivity index (χ0) is 21.5. The smallest absolute Gasteiger partial charge is 0.243 e. The molecule has 0 saturated carbocycles. The van der Waals surface area contributed by atoms with Gasteiger partial charge in [-0.1, -0.05) is 0 Å². The largest absolute Gasteiger partial charge is 0.494 e. The first kappa shape index (κ1) is 21.0. The normalized spacial score (nSPS) is 15.7. The molecule has 0 radical (unpaired) electrons. The van der Waals surface area contributed by atoms with Crippen LogP contribution in [0, 0.1) is 20.8 Å². The van der Waals surface area contributed by atoms with E-state index in [-0.39, 0.29) is 0 Å². The van der Waals surface area contributed by atoms with E-state index in [0.29, 0.717) is 43.4 Å². The van der Waals surface area contributed by atoms with Crippen LogP contribution in [-0.2, 0) is 10.0 Å². The molecule has 0 atom stereocenters. The minimum absolute atomic E-state index is 0.295. The lowest BCUT2D eigenvalue weighted by molar-refractivity contribution is 0.340. The highest BCUT2D eigenvalue weighted by Gasteiger charge is 2.30. The van der Waals surface area contributed by atoms with Crippen LogP contribution < -0.4 is 9.64 Å². The molecule has 0 spiro atoms. The van der Waals surface area contributed by atoms with Gasteiger partial charge in [0.15, 0.2) is 0 Å². The van der Waals surface area contributed by atoms with Gasteiger partial charge < -0.3 is 9.64 Å². The van der Waals surface area contributed by atoms with Crippen LogP contribution >= 0.6 is 11.3 Å². The van der Waals surface area contributed by atoms with Crippen molar-refractivity contribution in [3.05, 3.63) is 40.5 Å². The number of ether oxygens (including phenoxy) is 1. The maximum absolute atomic E-state index is 13.1. The first-order chi connectivity index (χ1) is 14.3. The molecule has 3 aromatic rings. The lowest BCUT2D eigenvalue weighted by Gasteiger charge is -2.35. The van der Waals surface area contributed by atoms with Gasteiger partial charge in [-0.3, -0.25) is 0 Å². The summed E-state index contributed by atoms with van der Waals surface area (Å²) in [6, 6.07) is 6.63. The third kappa shape index (κ3) is 3.77. The van der Waals surface area contributed by atoms with Crippen LogP contribution in [0.5, 0.6) is 5.75 Å². The number of aryl methyl sites for hydroxylation is 3. The summed E-state index contributed by atoms with van der Waals surface area (Å²) >= 11 is 1.68. The number of hydrogen-bond acceptors (Lipinski definition) is 7. The summed E-state index contributed by atoms with van der Waals surface area (Å²) in [5.74, 6) is 2.33. The average Bonchev–Trinajstić information content (AvgIpc) is 3.01. The number of fused-ring (bicyclic) bond motifs is 1. The van der Waals surface area contributed by atoms with Gasteiger partial charge in [-0.2, -0.15) is 4.31 Å². The summed E-state index contributed by atoms with van der Waals surface area (Å²) in [5.41, 5.74) is 1.20. The fraction of sp³-hybridized carbons (Fsp3) is 0.429. The third-order valence-corrected chi connectivity index (χ3v) is 8.45. The van der Waals surface area contributed by atoms with Crippen molar-refractivity contribution in [1.82, 2.24) is 14.3 Å². The van der Waals surface area contributed by atoms with Gasteiger partial charge in [-0.05, 0) is 57.5 Å². The molecule has 1 fully saturated rings.